The van der Waals surface area contributed by atoms with Gasteiger partial charge >= 0.3 is 0 Å². The molecule has 4 aromatic rings. The van der Waals surface area contributed by atoms with E-state index in [0.29, 0.717) is 30.8 Å². The number of amides is 3. The van der Waals surface area contributed by atoms with Crippen LogP contribution in [0.4, 0.5) is 0 Å². The first-order chi connectivity index (χ1) is 16.4. The predicted octanol–water partition coefficient (Wildman–Crippen LogP) is 2.58. The maximum atomic E-state index is 12.3. The van der Waals surface area contributed by atoms with Crippen molar-refractivity contribution >= 4 is 39.5 Å². The van der Waals surface area contributed by atoms with Gasteiger partial charge in [0.1, 0.15) is 5.75 Å². The highest BCUT2D eigenvalue weighted by Gasteiger charge is 2.31. The molecule has 3 N–H and O–H groups in total. The van der Waals surface area contributed by atoms with Crippen molar-refractivity contribution in [3.63, 3.8) is 0 Å². The summed E-state index contributed by atoms with van der Waals surface area (Å²) in [6, 6.07) is 13.5. The fourth-order valence-corrected chi connectivity index (χ4v) is 4.40. The molecule has 2 aromatic heterocycles. The zero-order valence-electron chi connectivity index (χ0n) is 19.0. The molecule has 0 saturated carbocycles. The van der Waals surface area contributed by atoms with E-state index < -0.39 is 5.92 Å². The molecule has 34 heavy (non-hydrogen) atoms. The van der Waals surface area contributed by atoms with Crippen molar-refractivity contribution < 1.29 is 19.1 Å². The largest absolute Gasteiger partial charge is 0.484 e. The molecule has 0 bridgehead atoms. The van der Waals surface area contributed by atoms with Crippen LogP contribution in [0, 0.1) is 6.92 Å². The number of aryl methyl sites for hydroxylation is 2. The van der Waals surface area contributed by atoms with E-state index in [-0.39, 0.29) is 24.3 Å². The van der Waals surface area contributed by atoms with E-state index in [1.165, 1.54) is 0 Å². The number of H-pyrrole nitrogens is 1. The van der Waals surface area contributed by atoms with Crippen molar-refractivity contribution in [1.82, 2.24) is 25.4 Å². The third kappa shape index (κ3) is 4.24. The first-order valence-electron chi connectivity index (χ1n) is 11.2. The monoisotopic (exact) mass is 459 g/mol. The van der Waals surface area contributed by atoms with E-state index in [9.17, 15) is 14.4 Å². The van der Waals surface area contributed by atoms with Crippen molar-refractivity contribution in [2.45, 2.75) is 32.2 Å². The lowest BCUT2D eigenvalue weighted by Crippen LogP contribution is -2.39. The molecule has 174 valence electrons. The molecule has 3 amide bonds. The summed E-state index contributed by atoms with van der Waals surface area (Å²) in [6.45, 7) is 2.31. The summed E-state index contributed by atoms with van der Waals surface area (Å²) in [4.78, 5) is 39.4. The van der Waals surface area contributed by atoms with Crippen molar-refractivity contribution in [2.24, 2.45) is 7.05 Å². The highest BCUT2D eigenvalue weighted by Crippen LogP contribution is 2.31. The number of aromatic nitrogens is 3. The molecule has 1 unspecified atom stereocenters. The van der Waals surface area contributed by atoms with Crippen molar-refractivity contribution in [3.8, 4) is 5.75 Å². The number of hydrogen-bond donors (Lipinski definition) is 3. The predicted molar refractivity (Wildman–Crippen MR) is 126 cm³/mol. The Hall–Kier alpha value is -4.14. The molecule has 1 saturated heterocycles. The van der Waals surface area contributed by atoms with Gasteiger partial charge in [-0.15, -0.1) is 0 Å². The van der Waals surface area contributed by atoms with Gasteiger partial charge in [0, 0.05) is 42.7 Å². The number of aromatic amines is 1. The van der Waals surface area contributed by atoms with Gasteiger partial charge in [-0.05, 0) is 54.6 Å². The average molecular weight is 460 g/mol. The van der Waals surface area contributed by atoms with Crippen LogP contribution < -0.4 is 15.4 Å². The van der Waals surface area contributed by atoms with E-state index in [1.54, 1.807) is 23.9 Å². The molecule has 1 fully saturated rings. The topological polar surface area (TPSA) is 118 Å². The number of ether oxygens (including phenoxy) is 1. The Kier molecular flexibility index (Phi) is 5.53. The first-order valence-corrected chi connectivity index (χ1v) is 11.2. The Morgan fingerprint density at radius 2 is 2.06 bits per heavy atom. The van der Waals surface area contributed by atoms with E-state index >= 15 is 0 Å². The fourth-order valence-electron chi connectivity index (χ4n) is 4.40. The summed E-state index contributed by atoms with van der Waals surface area (Å²) >= 11 is 0. The van der Waals surface area contributed by atoms with Gasteiger partial charge in [-0.25, -0.2) is 0 Å². The number of carbonyl (C=O) groups is 3. The summed E-state index contributed by atoms with van der Waals surface area (Å²) in [5.74, 6) is -0.729. The Labute approximate surface area is 195 Å². The maximum Gasteiger partial charge on any atom is 0.258 e. The lowest BCUT2D eigenvalue weighted by molar-refractivity contribution is -0.134. The molecule has 9 nitrogen and oxygen atoms in total. The molecule has 1 atom stereocenters. The molecule has 3 heterocycles. The van der Waals surface area contributed by atoms with Gasteiger partial charge < -0.3 is 15.0 Å². The normalized spacial score (nSPS) is 16.1. The highest BCUT2D eigenvalue weighted by molar-refractivity contribution is 6.02. The maximum absolute atomic E-state index is 12.3. The minimum atomic E-state index is -0.464. The van der Waals surface area contributed by atoms with E-state index in [4.69, 9.17) is 4.74 Å². The second kappa shape index (κ2) is 8.66. The molecule has 9 heteroatoms. The van der Waals surface area contributed by atoms with Crippen LogP contribution >= 0.6 is 0 Å². The third-order valence-electron chi connectivity index (χ3n) is 6.10. The molecule has 2 aromatic carbocycles. The molecule has 5 rings (SSSR count). The zero-order valence-corrected chi connectivity index (χ0v) is 19.0. The zero-order chi connectivity index (χ0) is 23.8. The van der Waals surface area contributed by atoms with Gasteiger partial charge in [0.05, 0.1) is 17.1 Å². The number of benzene rings is 2. The van der Waals surface area contributed by atoms with Crippen molar-refractivity contribution in [2.75, 3.05) is 6.61 Å². The summed E-state index contributed by atoms with van der Waals surface area (Å²) < 4.78 is 7.38. The summed E-state index contributed by atoms with van der Waals surface area (Å²) in [6.07, 6.45) is 0.731. The van der Waals surface area contributed by atoms with E-state index in [0.717, 1.165) is 33.1 Å². The third-order valence-corrected chi connectivity index (χ3v) is 6.10. The Balaban J connectivity index is 1.22. The smallest absolute Gasteiger partial charge is 0.258 e. The molecule has 1 aliphatic heterocycles. The SMILES string of the molecule is Cc1cc2cc(CNC(=O)COc3ccc4c(C5CCC(=O)NC5=O)nn(C)c4c3)ccc2[nH]1. The number of nitrogens with zero attached hydrogens (tertiary/aromatic N) is 2. The quantitative estimate of drug-likeness (QED) is 0.383. The summed E-state index contributed by atoms with van der Waals surface area (Å²) in [5.41, 5.74) is 4.60. The number of carbonyl (C=O) groups excluding carboxylic acids is 3. The summed E-state index contributed by atoms with van der Waals surface area (Å²) in [5, 5.41) is 11.7. The molecule has 0 spiro atoms. The molecule has 0 aliphatic carbocycles. The van der Waals surface area contributed by atoms with Crippen LogP contribution in [-0.2, 0) is 28.0 Å². The van der Waals surface area contributed by atoms with Crippen LogP contribution in [0.25, 0.3) is 21.8 Å². The minimum absolute atomic E-state index is 0.116. The van der Waals surface area contributed by atoms with Gasteiger partial charge in [0.2, 0.25) is 11.8 Å². The number of nitrogens with one attached hydrogen (secondary N) is 3. The lowest BCUT2D eigenvalue weighted by Gasteiger charge is -2.19. The Morgan fingerprint density at radius 3 is 2.88 bits per heavy atom. The van der Waals surface area contributed by atoms with Gasteiger partial charge in [-0.3, -0.25) is 24.4 Å². The first kappa shape index (κ1) is 21.7. The van der Waals surface area contributed by atoms with E-state index in [1.807, 2.05) is 25.1 Å². The number of rotatable bonds is 6. The average Bonchev–Trinajstić information content (AvgIpc) is 3.34. The second-order valence-electron chi connectivity index (χ2n) is 8.63. The second-order valence-corrected chi connectivity index (χ2v) is 8.63. The van der Waals surface area contributed by atoms with Gasteiger partial charge in [0.25, 0.3) is 5.91 Å². The van der Waals surface area contributed by atoms with E-state index in [2.05, 4.69) is 32.8 Å². The number of hydrogen-bond acceptors (Lipinski definition) is 5. The van der Waals surface area contributed by atoms with Gasteiger partial charge in [0.15, 0.2) is 6.61 Å². The standard InChI is InChI=1S/C25H25N5O4/c1-14-9-16-10-15(3-7-20(16)27-14)12-26-23(32)13-34-17-4-5-18-21(11-17)30(2)29-24(18)19-6-8-22(31)28-25(19)33/h3-5,7,9-11,19,27H,6,8,12-13H2,1-2H3,(H,26,32)(H,28,31,33). The Bertz CT molecular complexity index is 1430. The lowest BCUT2D eigenvalue weighted by atomic mass is 9.93. The van der Waals surface area contributed by atoms with Crippen LogP contribution in [-0.4, -0.2) is 39.1 Å². The van der Waals surface area contributed by atoms with Gasteiger partial charge in [-0.1, -0.05) is 6.07 Å². The van der Waals surface area contributed by atoms with Gasteiger partial charge in [-0.2, -0.15) is 5.10 Å². The fraction of sp³-hybridized carbons (Fsp3) is 0.280. The molecular weight excluding hydrogens is 434 g/mol. The summed E-state index contributed by atoms with van der Waals surface area (Å²) in [7, 11) is 1.79. The number of imide groups is 1. The molecule has 1 aliphatic rings. The van der Waals surface area contributed by atoms with Crippen LogP contribution in [0.2, 0.25) is 0 Å². The highest BCUT2D eigenvalue weighted by atomic mass is 16.5. The Morgan fingerprint density at radius 1 is 1.21 bits per heavy atom. The van der Waals surface area contributed by atoms with Crippen molar-refractivity contribution in [3.05, 3.63) is 59.4 Å². The molecular formula is C25H25N5O4. The number of fused-ring (bicyclic) bond motifs is 2. The minimum Gasteiger partial charge on any atom is -0.484 e. The van der Waals surface area contributed by atoms with Crippen LogP contribution in [0.3, 0.4) is 0 Å². The molecule has 0 radical (unpaired) electrons. The number of piperidine rings is 1. The van der Waals surface area contributed by atoms with Crippen LogP contribution in [0.15, 0.2) is 42.5 Å². The van der Waals surface area contributed by atoms with Crippen LogP contribution in [0.5, 0.6) is 5.75 Å². The van der Waals surface area contributed by atoms with Crippen molar-refractivity contribution in [1.29, 1.82) is 0 Å². The van der Waals surface area contributed by atoms with Crippen LogP contribution in [0.1, 0.15) is 35.7 Å².